The zero-order valence-corrected chi connectivity index (χ0v) is 32.8. The Balaban J connectivity index is 1.22. The van der Waals surface area contributed by atoms with Crippen molar-refractivity contribution >= 4 is 32.6 Å². The number of sulfonamides is 1. The topological polar surface area (TPSA) is 127 Å². The maximum absolute atomic E-state index is 14.0. The number of benzene rings is 4. The Morgan fingerprint density at radius 3 is 2.26 bits per heavy atom. The molecule has 288 valence electrons. The van der Waals surface area contributed by atoms with Crippen LogP contribution in [0.3, 0.4) is 0 Å². The van der Waals surface area contributed by atoms with Crippen molar-refractivity contribution in [1.29, 1.82) is 0 Å². The highest BCUT2D eigenvalue weighted by atomic mass is 32.2. The molecule has 0 spiro atoms. The number of hydrogen-bond acceptors (Lipinski definition) is 8. The second kappa shape index (κ2) is 16.8. The maximum Gasteiger partial charge on any atom is 0.245 e. The Bertz CT molecular complexity index is 2060. The molecule has 2 heterocycles. The molecule has 54 heavy (non-hydrogen) atoms. The van der Waals surface area contributed by atoms with Gasteiger partial charge in [-0.15, -0.1) is 0 Å². The van der Waals surface area contributed by atoms with E-state index < -0.39 is 28.0 Å². The summed E-state index contributed by atoms with van der Waals surface area (Å²) in [5.41, 5.74) is 2.63. The Morgan fingerprint density at radius 2 is 1.56 bits per heavy atom. The third-order valence-electron chi connectivity index (χ3n) is 10.8. The first-order valence-electron chi connectivity index (χ1n) is 18.7. The molecule has 0 bridgehead atoms. The molecule has 1 saturated heterocycles. The quantitative estimate of drug-likeness (QED) is 0.153. The molecule has 4 atom stereocenters. The van der Waals surface area contributed by atoms with Crippen molar-refractivity contribution in [3.8, 4) is 17.2 Å². The summed E-state index contributed by atoms with van der Waals surface area (Å²) in [7, 11) is -0.830. The molecule has 6 rings (SSSR count). The second-order valence-electron chi connectivity index (χ2n) is 14.9. The summed E-state index contributed by atoms with van der Waals surface area (Å²) in [5, 5.41) is 4.51. The van der Waals surface area contributed by atoms with Gasteiger partial charge in [-0.1, -0.05) is 48.9 Å². The molecule has 2 aliphatic rings. The highest BCUT2D eigenvalue weighted by Gasteiger charge is 2.30. The summed E-state index contributed by atoms with van der Waals surface area (Å²) in [6.07, 6.45) is 3.66. The minimum Gasteiger partial charge on any atom is -0.497 e. The van der Waals surface area contributed by atoms with Crippen LogP contribution < -0.4 is 24.2 Å². The van der Waals surface area contributed by atoms with E-state index >= 15 is 0 Å². The van der Waals surface area contributed by atoms with Crippen LogP contribution in [-0.2, 0) is 32.6 Å². The first kappa shape index (κ1) is 39.1. The third kappa shape index (κ3) is 9.17. The van der Waals surface area contributed by atoms with Crippen molar-refractivity contribution in [3.05, 3.63) is 95.6 Å². The Hall–Kier alpha value is -4.65. The number of carbonyl (C=O) groups excluding carboxylic acids is 2. The molecule has 0 aromatic heterocycles. The number of methoxy groups -OCH3 is 1. The van der Waals surface area contributed by atoms with Crippen molar-refractivity contribution in [2.45, 2.75) is 101 Å². The minimum atomic E-state index is -4.13. The predicted molar refractivity (Wildman–Crippen MR) is 209 cm³/mol. The average Bonchev–Trinajstić information content (AvgIpc) is 3.63. The zero-order chi connectivity index (χ0) is 38.6. The molecule has 4 aromatic carbocycles. The van der Waals surface area contributed by atoms with Crippen LogP contribution in [0.4, 0.5) is 0 Å². The summed E-state index contributed by atoms with van der Waals surface area (Å²) in [5.74, 6) is 0.937. The monoisotopic (exact) mass is 756 g/mol. The van der Waals surface area contributed by atoms with E-state index in [-0.39, 0.29) is 36.5 Å². The first-order valence-corrected chi connectivity index (χ1v) is 20.2. The van der Waals surface area contributed by atoms with E-state index in [2.05, 4.69) is 40.9 Å². The zero-order valence-electron chi connectivity index (χ0n) is 32.0. The van der Waals surface area contributed by atoms with Gasteiger partial charge in [0.15, 0.2) is 11.5 Å². The van der Waals surface area contributed by atoms with Gasteiger partial charge in [-0.2, -0.15) is 0 Å². The van der Waals surface area contributed by atoms with Crippen molar-refractivity contribution in [2.75, 3.05) is 21.0 Å². The van der Waals surface area contributed by atoms with Crippen LogP contribution in [0.1, 0.15) is 76.1 Å². The van der Waals surface area contributed by atoms with Gasteiger partial charge in [-0.05, 0) is 104 Å². The van der Waals surface area contributed by atoms with Crippen molar-refractivity contribution in [1.82, 2.24) is 19.8 Å². The number of carbonyl (C=O) groups is 2. The number of nitrogens with one attached hydrogen (secondary N) is 2. The summed E-state index contributed by atoms with van der Waals surface area (Å²) < 4.78 is 47.0. The number of ether oxygens (including phenoxy) is 3. The van der Waals surface area contributed by atoms with Gasteiger partial charge in [0, 0.05) is 44.6 Å². The SMILES string of the molecule is COc1ccc2cc(S(=O)(=O)N[C@@H](CC(=O)N[C@H](Cc3ccc(CN4C(C)CCCC4C)cc3)C(=O)N(C)C(C)C)c3ccc4c(c3)OCO4)ccc2c1. The number of nitrogens with zero attached hydrogens (tertiary/aromatic N) is 2. The number of amides is 2. The number of fused-ring (bicyclic) bond motifs is 2. The van der Waals surface area contributed by atoms with Crippen LogP contribution in [-0.4, -0.2) is 75.1 Å². The minimum absolute atomic E-state index is 0.0438. The molecule has 12 heteroatoms. The van der Waals surface area contributed by atoms with Gasteiger partial charge in [0.05, 0.1) is 18.0 Å². The first-order chi connectivity index (χ1) is 25.8. The smallest absolute Gasteiger partial charge is 0.245 e. The number of likely N-dealkylation sites (tertiary alicyclic amines) is 1. The van der Waals surface area contributed by atoms with Gasteiger partial charge in [-0.25, -0.2) is 13.1 Å². The molecule has 2 N–H and O–H groups in total. The van der Waals surface area contributed by atoms with Crippen LogP contribution in [0.5, 0.6) is 17.2 Å². The number of rotatable bonds is 14. The molecular weight excluding hydrogens is 705 g/mol. The largest absolute Gasteiger partial charge is 0.497 e. The summed E-state index contributed by atoms with van der Waals surface area (Å²) in [4.78, 5) is 32.0. The molecule has 11 nitrogen and oxygen atoms in total. The third-order valence-corrected chi connectivity index (χ3v) is 12.2. The lowest BCUT2D eigenvalue weighted by atomic mass is 9.96. The van der Waals surface area contributed by atoms with E-state index in [4.69, 9.17) is 14.2 Å². The van der Waals surface area contributed by atoms with E-state index in [1.165, 1.54) is 30.9 Å². The van der Waals surface area contributed by atoms with E-state index in [1.54, 1.807) is 61.5 Å². The van der Waals surface area contributed by atoms with Gasteiger partial charge in [0.25, 0.3) is 0 Å². The van der Waals surface area contributed by atoms with Crippen molar-refractivity contribution < 1.29 is 32.2 Å². The number of hydrogen-bond donors (Lipinski definition) is 2. The van der Waals surface area contributed by atoms with E-state index in [1.807, 2.05) is 32.0 Å². The molecular formula is C42H52N4O7S. The van der Waals surface area contributed by atoms with Crippen LogP contribution in [0, 0.1) is 0 Å². The molecule has 2 amide bonds. The van der Waals surface area contributed by atoms with Crippen LogP contribution in [0.2, 0.25) is 0 Å². The lowest BCUT2D eigenvalue weighted by Crippen LogP contribution is -2.50. The second-order valence-corrected chi connectivity index (χ2v) is 16.6. The van der Waals surface area contributed by atoms with Gasteiger partial charge < -0.3 is 24.4 Å². The normalized spacial score (nSPS) is 18.4. The highest BCUT2D eigenvalue weighted by Crippen LogP contribution is 2.35. The number of likely N-dealkylation sites (N-methyl/N-ethyl adjacent to an activating group) is 1. The van der Waals surface area contributed by atoms with Gasteiger partial charge >= 0.3 is 0 Å². The highest BCUT2D eigenvalue weighted by molar-refractivity contribution is 7.89. The fourth-order valence-corrected chi connectivity index (χ4v) is 8.52. The molecule has 0 saturated carbocycles. The molecule has 0 radical (unpaired) electrons. The number of piperidine rings is 1. The van der Waals surface area contributed by atoms with Gasteiger partial charge in [0.2, 0.25) is 28.6 Å². The van der Waals surface area contributed by atoms with E-state index in [9.17, 15) is 18.0 Å². The lowest BCUT2D eigenvalue weighted by Gasteiger charge is -2.39. The molecule has 2 unspecified atom stereocenters. The maximum atomic E-state index is 14.0. The van der Waals surface area contributed by atoms with Gasteiger partial charge in [-0.3, -0.25) is 14.5 Å². The summed E-state index contributed by atoms with van der Waals surface area (Å²) >= 11 is 0. The fourth-order valence-electron chi connectivity index (χ4n) is 7.26. The molecule has 4 aromatic rings. The molecule has 2 aliphatic heterocycles. The van der Waals surface area contributed by atoms with Crippen molar-refractivity contribution in [2.24, 2.45) is 0 Å². The fraction of sp³-hybridized carbons (Fsp3) is 0.429. The Morgan fingerprint density at radius 1 is 0.889 bits per heavy atom. The standard InChI is InChI=1S/C42H52N4O7S/c1-27(2)45(5)42(48)38(20-30-10-12-31(13-11-30)25-46-28(3)8-7-9-29(46)4)43-41(47)24-37(34-16-19-39-40(23-34)53-26-52-39)44-54(49,50)36-18-15-32-21-35(51-6)17-14-33(32)22-36/h10-19,21-23,27-29,37-38,44H,7-9,20,24-26H2,1-6H3,(H,43,47)/t28?,29?,37-,38+/m0/s1. The predicted octanol–water partition coefficient (Wildman–Crippen LogP) is 6.34. The van der Waals surface area contributed by atoms with E-state index in [0.29, 0.717) is 34.9 Å². The van der Waals surface area contributed by atoms with Crippen LogP contribution >= 0.6 is 0 Å². The average molecular weight is 757 g/mol. The summed E-state index contributed by atoms with van der Waals surface area (Å²) in [6, 6.07) is 22.7. The van der Waals surface area contributed by atoms with Crippen molar-refractivity contribution in [3.63, 3.8) is 0 Å². The van der Waals surface area contributed by atoms with Crippen LogP contribution in [0.15, 0.2) is 83.8 Å². The Kier molecular flexibility index (Phi) is 12.1. The molecule has 1 fully saturated rings. The Labute approximate surface area is 319 Å². The summed E-state index contributed by atoms with van der Waals surface area (Å²) in [6.45, 7) is 9.32. The van der Waals surface area contributed by atoms with E-state index in [0.717, 1.165) is 22.9 Å². The van der Waals surface area contributed by atoms with Gasteiger partial charge in [0.1, 0.15) is 11.8 Å². The van der Waals surface area contributed by atoms with Crippen LogP contribution in [0.25, 0.3) is 10.8 Å². The lowest BCUT2D eigenvalue weighted by molar-refractivity contribution is -0.136. The molecule has 0 aliphatic carbocycles.